The second-order valence-corrected chi connectivity index (χ2v) is 8.47. The van der Waals surface area contributed by atoms with Crippen molar-refractivity contribution in [3.63, 3.8) is 0 Å². The van der Waals surface area contributed by atoms with Gasteiger partial charge in [0.05, 0.1) is 24.3 Å². The number of methoxy groups -OCH3 is 1. The summed E-state index contributed by atoms with van der Waals surface area (Å²) in [6.45, 7) is 0.628. The lowest BCUT2D eigenvalue weighted by Crippen LogP contribution is -2.37. The van der Waals surface area contributed by atoms with Crippen molar-refractivity contribution < 1.29 is 42.0 Å². The van der Waals surface area contributed by atoms with Gasteiger partial charge in [-0.25, -0.2) is 9.36 Å². The summed E-state index contributed by atoms with van der Waals surface area (Å²) in [5.41, 5.74) is 3.49. The summed E-state index contributed by atoms with van der Waals surface area (Å²) < 4.78 is 40.3. The van der Waals surface area contributed by atoms with Crippen molar-refractivity contribution in [1.29, 1.82) is 5.26 Å². The van der Waals surface area contributed by atoms with Crippen LogP contribution < -0.4 is 15.0 Å². The number of halogens is 3. The van der Waals surface area contributed by atoms with Crippen LogP contribution in [-0.2, 0) is 29.7 Å². The molecule has 4 aromatic rings. The number of hydrogen-bond donors (Lipinski definition) is 1. The third-order valence-corrected chi connectivity index (χ3v) is 5.70. The highest BCUT2D eigenvalue weighted by Gasteiger charge is 2.29. The second-order valence-electron chi connectivity index (χ2n) is 8.47. The highest BCUT2D eigenvalue weighted by molar-refractivity contribution is 6.14. The molecule has 206 valence electrons. The molecule has 0 atom stereocenters. The van der Waals surface area contributed by atoms with Gasteiger partial charge in [0.1, 0.15) is 18.7 Å². The number of nitriles is 1. The van der Waals surface area contributed by atoms with Crippen LogP contribution in [0.25, 0.3) is 10.9 Å². The lowest BCUT2D eigenvalue weighted by molar-refractivity contribution is -0.671. The molecule has 0 fully saturated rings. The Morgan fingerprint density at radius 1 is 1.05 bits per heavy atom. The first-order chi connectivity index (χ1) is 19.0. The van der Waals surface area contributed by atoms with Gasteiger partial charge in [-0.2, -0.15) is 18.4 Å². The fraction of sp³-hybridized carbons (Fsp3) is 0.179. The quantitative estimate of drug-likeness (QED) is 0.289. The van der Waals surface area contributed by atoms with Crippen molar-refractivity contribution in [3.05, 3.63) is 101 Å². The summed E-state index contributed by atoms with van der Waals surface area (Å²) in [5, 5.41) is 21.6. The molecule has 1 amide bonds. The number of carbonyl (C=O) groups excluding carboxylic acids is 3. The van der Waals surface area contributed by atoms with Crippen LogP contribution in [0.4, 0.5) is 13.2 Å². The average Bonchev–Trinajstić information content (AvgIpc) is 3.26. The molecule has 0 aliphatic carbocycles. The van der Waals surface area contributed by atoms with Crippen molar-refractivity contribution in [3.8, 4) is 6.07 Å². The number of nitrogens with one attached hydrogen (secondary N) is 1. The van der Waals surface area contributed by atoms with Gasteiger partial charge in [0.2, 0.25) is 0 Å². The zero-order chi connectivity index (χ0) is 29.4. The fourth-order valence-electron chi connectivity index (χ4n) is 3.85. The Morgan fingerprint density at radius 3 is 2.30 bits per heavy atom. The van der Waals surface area contributed by atoms with Crippen LogP contribution in [0.2, 0.25) is 0 Å². The van der Waals surface area contributed by atoms with E-state index >= 15 is 0 Å². The van der Waals surface area contributed by atoms with E-state index in [0.29, 0.717) is 24.0 Å². The molecule has 0 saturated carbocycles. The Bertz CT molecular complexity index is 1590. The van der Waals surface area contributed by atoms with Gasteiger partial charge >= 0.3 is 12.1 Å². The predicted octanol–water partition coefficient (Wildman–Crippen LogP) is 2.40. The van der Waals surface area contributed by atoms with Crippen LogP contribution in [0, 0.1) is 11.3 Å². The molecular formula is C28H23F3N4O5. The fourth-order valence-corrected chi connectivity index (χ4v) is 3.85. The number of rotatable bonds is 6. The third-order valence-electron chi connectivity index (χ3n) is 5.70. The number of para-hydroxylation sites is 1. The number of alkyl halides is 3. The van der Waals surface area contributed by atoms with E-state index in [-0.39, 0.29) is 17.2 Å². The van der Waals surface area contributed by atoms with E-state index in [4.69, 9.17) is 14.6 Å². The summed E-state index contributed by atoms with van der Waals surface area (Å²) in [4.78, 5) is 35.0. The van der Waals surface area contributed by atoms with Crippen LogP contribution in [-0.4, -0.2) is 35.7 Å². The Balaban J connectivity index is 0.000000559. The zero-order valence-corrected chi connectivity index (χ0v) is 21.4. The molecule has 0 aliphatic rings. The number of carbonyl (C=O) groups is 3. The largest absolute Gasteiger partial charge is 0.542 e. The van der Waals surface area contributed by atoms with Crippen LogP contribution in [0.5, 0.6) is 0 Å². The number of hydrogen-bond acceptors (Lipinski definition) is 6. The number of aryl methyl sites for hydroxylation is 1. The van der Waals surface area contributed by atoms with Gasteiger partial charge in [0.25, 0.3) is 5.91 Å². The molecule has 0 bridgehead atoms. The summed E-state index contributed by atoms with van der Waals surface area (Å²) in [6.07, 6.45) is -1.39. The van der Waals surface area contributed by atoms with Crippen molar-refractivity contribution in [2.24, 2.45) is 7.05 Å². The van der Waals surface area contributed by atoms with Gasteiger partial charge in [-0.1, -0.05) is 30.3 Å². The molecule has 9 nitrogen and oxygen atoms in total. The van der Waals surface area contributed by atoms with E-state index in [2.05, 4.69) is 11.4 Å². The average molecular weight is 553 g/mol. The number of carboxylic acids is 1. The molecule has 2 aromatic carbocycles. The molecule has 0 radical (unpaired) electrons. The van der Waals surface area contributed by atoms with Crippen molar-refractivity contribution in [1.82, 2.24) is 9.88 Å². The Morgan fingerprint density at radius 2 is 1.70 bits per heavy atom. The molecule has 2 aromatic heterocycles. The molecule has 0 aliphatic heterocycles. The molecule has 4 rings (SSSR count). The summed E-state index contributed by atoms with van der Waals surface area (Å²) >= 11 is 0. The van der Waals surface area contributed by atoms with Gasteiger partial charge in [-0.15, -0.1) is 0 Å². The van der Waals surface area contributed by atoms with Gasteiger partial charge in [0, 0.05) is 36.1 Å². The molecule has 0 unspecified atom stereocenters. The molecule has 1 N–H and O–H groups in total. The summed E-state index contributed by atoms with van der Waals surface area (Å²) in [7, 11) is 3.22. The number of esters is 1. The van der Waals surface area contributed by atoms with E-state index < -0.39 is 18.1 Å². The Kier molecular flexibility index (Phi) is 9.24. The molecule has 40 heavy (non-hydrogen) atoms. The number of nitrogens with zero attached hydrogens (tertiary/aromatic N) is 3. The smallest absolute Gasteiger partial charge is 0.430 e. The maximum absolute atomic E-state index is 13.4. The normalized spacial score (nSPS) is 10.7. The molecule has 0 spiro atoms. The minimum atomic E-state index is -5.19. The lowest BCUT2D eigenvalue weighted by atomic mass is 10.1. The molecule has 0 saturated heterocycles. The first-order valence-electron chi connectivity index (χ1n) is 11.6. The van der Waals surface area contributed by atoms with Crippen LogP contribution in [0.1, 0.15) is 37.5 Å². The maximum Gasteiger partial charge on any atom is 0.430 e. The van der Waals surface area contributed by atoms with Gasteiger partial charge < -0.3 is 24.5 Å². The Hall–Kier alpha value is -5.18. The summed E-state index contributed by atoms with van der Waals surface area (Å²) in [6, 6.07) is 20.5. The number of ether oxygens (including phenoxy) is 1. The number of amides is 1. The zero-order valence-electron chi connectivity index (χ0n) is 21.4. The SMILES string of the molecule is COC(=O)c1c(C(=O)NCc2cc[n+](C)cc2)n(Cc2cccc(C#N)c2)c2ccccc12.O=C([O-])C(F)(F)F. The van der Waals surface area contributed by atoms with E-state index in [1.165, 1.54) is 7.11 Å². The van der Waals surface area contributed by atoms with Gasteiger partial charge in [-0.05, 0) is 29.3 Å². The highest BCUT2D eigenvalue weighted by atomic mass is 19.4. The molecular weight excluding hydrogens is 529 g/mol. The minimum Gasteiger partial charge on any atom is -0.542 e. The van der Waals surface area contributed by atoms with E-state index in [1.54, 1.807) is 28.8 Å². The number of pyridine rings is 1. The number of fused-ring (bicyclic) bond motifs is 1. The highest BCUT2D eigenvalue weighted by Crippen LogP contribution is 2.28. The number of aliphatic carboxylic acids is 1. The molecule has 12 heteroatoms. The standard InChI is InChI=1S/C26H22N4O3.C2HF3O2/c1-29-12-10-18(11-13-29)16-28-25(31)24-23(26(32)33-2)21-8-3-4-9-22(21)30(24)17-20-7-5-6-19(14-20)15-27;3-2(4,5)1(6)7/h3-14H,16-17H2,1-2H3;(H,6,7). The Labute approximate surface area is 226 Å². The predicted molar refractivity (Wildman–Crippen MR) is 133 cm³/mol. The first kappa shape index (κ1) is 29.4. The van der Waals surface area contributed by atoms with Crippen LogP contribution in [0.15, 0.2) is 73.1 Å². The van der Waals surface area contributed by atoms with Crippen molar-refractivity contribution >= 4 is 28.7 Å². The van der Waals surface area contributed by atoms with Crippen LogP contribution in [0.3, 0.4) is 0 Å². The van der Waals surface area contributed by atoms with E-state index in [0.717, 1.165) is 16.6 Å². The van der Waals surface area contributed by atoms with Gasteiger partial charge in [0.15, 0.2) is 12.4 Å². The lowest BCUT2D eigenvalue weighted by Gasteiger charge is -2.13. The number of benzene rings is 2. The monoisotopic (exact) mass is 552 g/mol. The third kappa shape index (κ3) is 7.02. The van der Waals surface area contributed by atoms with Crippen LogP contribution >= 0.6 is 0 Å². The van der Waals surface area contributed by atoms with E-state index in [9.17, 15) is 28.0 Å². The first-order valence-corrected chi connectivity index (χ1v) is 11.6. The summed E-state index contributed by atoms with van der Waals surface area (Å²) in [5.74, 6) is -3.96. The number of aromatic nitrogens is 2. The number of carboxylic acid groups (broad SMARTS) is 1. The van der Waals surface area contributed by atoms with Crippen molar-refractivity contribution in [2.75, 3.05) is 7.11 Å². The van der Waals surface area contributed by atoms with E-state index in [1.807, 2.05) is 60.4 Å². The topological polar surface area (TPSA) is 128 Å². The minimum absolute atomic E-state index is 0.224. The second kappa shape index (κ2) is 12.6. The molecule has 2 heterocycles. The van der Waals surface area contributed by atoms with Crippen molar-refractivity contribution in [2.45, 2.75) is 19.3 Å². The maximum atomic E-state index is 13.4. The van der Waals surface area contributed by atoms with Gasteiger partial charge in [-0.3, -0.25) is 4.79 Å².